The monoisotopic (exact) mass is 186 g/mol. The lowest BCUT2D eigenvalue weighted by atomic mass is 10.0. The van der Waals surface area contributed by atoms with Crippen molar-refractivity contribution in [2.45, 2.75) is 40.5 Å². The van der Waals surface area contributed by atoms with E-state index in [1.807, 2.05) is 0 Å². The maximum atomic E-state index is 3.23. The Bertz CT molecular complexity index is 375. The number of benzene rings is 1. The molecule has 0 unspecified atom stereocenters. The molecule has 0 radical (unpaired) electrons. The summed E-state index contributed by atoms with van der Waals surface area (Å²) in [5.74, 6) is 6.42. The van der Waals surface area contributed by atoms with E-state index in [-0.39, 0.29) is 0 Å². The third-order valence-electron chi connectivity index (χ3n) is 2.44. The Balaban J connectivity index is 3.00. The summed E-state index contributed by atoms with van der Waals surface area (Å²) in [5.41, 5.74) is 5.15. The Labute approximate surface area is 87.4 Å². The molecule has 0 N–H and O–H groups in total. The second kappa shape index (κ2) is 4.86. The molecule has 0 heteroatoms. The van der Waals surface area contributed by atoms with Gasteiger partial charge >= 0.3 is 0 Å². The Kier molecular flexibility index (Phi) is 3.77. The zero-order valence-electron chi connectivity index (χ0n) is 9.57. The van der Waals surface area contributed by atoms with Crippen LogP contribution in [0.4, 0.5) is 0 Å². The van der Waals surface area contributed by atoms with Crippen LogP contribution in [-0.4, -0.2) is 0 Å². The minimum absolute atomic E-state index is 0.992. The van der Waals surface area contributed by atoms with Crippen molar-refractivity contribution in [1.29, 1.82) is 0 Å². The molecule has 0 spiro atoms. The minimum Gasteiger partial charge on any atom is -0.0979 e. The first-order valence-electron chi connectivity index (χ1n) is 5.22. The molecule has 1 aromatic rings. The normalized spacial score (nSPS) is 9.43. The predicted molar refractivity (Wildman–Crippen MR) is 62.4 cm³/mol. The van der Waals surface area contributed by atoms with Crippen LogP contribution >= 0.6 is 0 Å². The lowest BCUT2D eigenvalue weighted by molar-refractivity contribution is 0.983. The Morgan fingerprint density at radius 3 is 2.29 bits per heavy atom. The Morgan fingerprint density at radius 2 is 1.64 bits per heavy atom. The predicted octanol–water partition coefficient (Wildman–Crippen LogP) is 3.76. The van der Waals surface area contributed by atoms with Crippen molar-refractivity contribution in [2.75, 3.05) is 0 Å². The number of rotatable bonds is 1. The van der Waals surface area contributed by atoms with E-state index in [0.29, 0.717) is 0 Å². The van der Waals surface area contributed by atoms with Crippen molar-refractivity contribution in [3.8, 4) is 11.8 Å². The fourth-order valence-electron chi connectivity index (χ4n) is 1.38. The molecule has 0 saturated heterocycles. The van der Waals surface area contributed by atoms with Gasteiger partial charge in [-0.05, 0) is 49.9 Å². The summed E-state index contributed by atoms with van der Waals surface area (Å²) >= 11 is 0. The molecular weight excluding hydrogens is 168 g/mol. The van der Waals surface area contributed by atoms with Gasteiger partial charge in [-0.25, -0.2) is 0 Å². The molecule has 0 aromatic heterocycles. The van der Waals surface area contributed by atoms with Crippen LogP contribution in [0, 0.1) is 32.6 Å². The van der Waals surface area contributed by atoms with Crippen molar-refractivity contribution in [3.63, 3.8) is 0 Å². The summed E-state index contributed by atoms with van der Waals surface area (Å²) < 4.78 is 0. The number of hydrogen-bond donors (Lipinski definition) is 0. The molecule has 0 fully saturated rings. The van der Waals surface area contributed by atoms with Crippen LogP contribution in [0.1, 0.15) is 42.0 Å². The highest BCUT2D eigenvalue weighted by atomic mass is 14.0. The van der Waals surface area contributed by atoms with Crippen molar-refractivity contribution < 1.29 is 0 Å². The second-order valence-electron chi connectivity index (χ2n) is 3.80. The first-order chi connectivity index (χ1) is 6.65. The first-order valence-corrected chi connectivity index (χ1v) is 5.22. The molecule has 1 aromatic carbocycles. The van der Waals surface area contributed by atoms with Gasteiger partial charge < -0.3 is 0 Å². The standard InChI is InChI=1S/C14H18/c1-5-6-7-8-14-10-12(3)11(2)9-13(14)4/h9-10H,5-6H2,1-4H3. The van der Waals surface area contributed by atoms with Gasteiger partial charge in [0.2, 0.25) is 0 Å². The fraction of sp³-hybridized carbons (Fsp3) is 0.429. The lowest BCUT2D eigenvalue weighted by Gasteiger charge is -2.03. The zero-order valence-corrected chi connectivity index (χ0v) is 9.57. The van der Waals surface area contributed by atoms with E-state index in [4.69, 9.17) is 0 Å². The minimum atomic E-state index is 0.992. The molecule has 0 amide bonds. The molecule has 0 aliphatic carbocycles. The molecule has 0 atom stereocenters. The zero-order chi connectivity index (χ0) is 10.6. The highest BCUT2D eigenvalue weighted by molar-refractivity contribution is 5.45. The van der Waals surface area contributed by atoms with E-state index in [1.54, 1.807) is 0 Å². The maximum Gasteiger partial charge on any atom is 0.0277 e. The summed E-state index contributed by atoms with van der Waals surface area (Å²) in [6, 6.07) is 4.40. The quantitative estimate of drug-likeness (QED) is 0.586. The Morgan fingerprint density at radius 1 is 1.00 bits per heavy atom. The van der Waals surface area contributed by atoms with Crippen LogP contribution in [0.3, 0.4) is 0 Å². The van der Waals surface area contributed by atoms with Gasteiger partial charge in [0.05, 0.1) is 0 Å². The maximum absolute atomic E-state index is 3.23. The average molecular weight is 186 g/mol. The molecule has 0 bridgehead atoms. The smallest absolute Gasteiger partial charge is 0.0277 e. The SMILES string of the molecule is CCCC#Cc1cc(C)c(C)cc1C. The molecule has 1 rings (SSSR count). The van der Waals surface area contributed by atoms with Gasteiger partial charge in [0, 0.05) is 12.0 Å². The number of aryl methyl sites for hydroxylation is 3. The summed E-state index contributed by atoms with van der Waals surface area (Å²) in [7, 11) is 0. The topological polar surface area (TPSA) is 0 Å². The highest BCUT2D eigenvalue weighted by Gasteiger charge is 1.98. The summed E-state index contributed by atoms with van der Waals surface area (Å²) in [5, 5.41) is 0. The van der Waals surface area contributed by atoms with Crippen molar-refractivity contribution in [2.24, 2.45) is 0 Å². The summed E-state index contributed by atoms with van der Waals surface area (Å²) in [6.45, 7) is 8.57. The van der Waals surface area contributed by atoms with Gasteiger partial charge in [-0.2, -0.15) is 0 Å². The largest absolute Gasteiger partial charge is 0.0979 e. The van der Waals surface area contributed by atoms with E-state index in [9.17, 15) is 0 Å². The molecule has 14 heavy (non-hydrogen) atoms. The molecule has 0 aliphatic heterocycles. The van der Waals surface area contributed by atoms with Crippen LogP contribution in [0.2, 0.25) is 0 Å². The molecule has 0 heterocycles. The second-order valence-corrected chi connectivity index (χ2v) is 3.80. The van der Waals surface area contributed by atoms with E-state index >= 15 is 0 Å². The van der Waals surface area contributed by atoms with Crippen LogP contribution in [0.15, 0.2) is 12.1 Å². The van der Waals surface area contributed by atoms with Crippen molar-refractivity contribution >= 4 is 0 Å². The van der Waals surface area contributed by atoms with E-state index < -0.39 is 0 Å². The summed E-state index contributed by atoms with van der Waals surface area (Å²) in [6.07, 6.45) is 2.13. The average Bonchev–Trinajstić information content (AvgIpc) is 2.14. The third-order valence-corrected chi connectivity index (χ3v) is 2.44. The van der Waals surface area contributed by atoms with Gasteiger partial charge in [0.1, 0.15) is 0 Å². The number of unbranched alkanes of at least 4 members (excludes halogenated alkanes) is 1. The molecular formula is C14H18. The molecule has 0 aliphatic rings. The fourth-order valence-corrected chi connectivity index (χ4v) is 1.38. The van der Waals surface area contributed by atoms with Crippen LogP contribution in [-0.2, 0) is 0 Å². The van der Waals surface area contributed by atoms with Gasteiger partial charge in [0.25, 0.3) is 0 Å². The van der Waals surface area contributed by atoms with Gasteiger partial charge in [-0.3, -0.25) is 0 Å². The highest BCUT2D eigenvalue weighted by Crippen LogP contribution is 2.14. The Hall–Kier alpha value is -1.22. The molecule has 74 valence electrons. The van der Waals surface area contributed by atoms with Gasteiger partial charge in [-0.15, -0.1) is 0 Å². The third kappa shape index (κ3) is 2.64. The van der Waals surface area contributed by atoms with E-state index in [0.717, 1.165) is 12.8 Å². The van der Waals surface area contributed by atoms with Gasteiger partial charge in [-0.1, -0.05) is 24.8 Å². The van der Waals surface area contributed by atoms with Crippen molar-refractivity contribution in [3.05, 3.63) is 34.4 Å². The molecule has 0 saturated carbocycles. The van der Waals surface area contributed by atoms with Crippen LogP contribution < -0.4 is 0 Å². The van der Waals surface area contributed by atoms with Crippen LogP contribution in [0.5, 0.6) is 0 Å². The van der Waals surface area contributed by atoms with E-state index in [2.05, 4.69) is 51.7 Å². The van der Waals surface area contributed by atoms with Crippen LogP contribution in [0.25, 0.3) is 0 Å². The van der Waals surface area contributed by atoms with Crippen molar-refractivity contribution in [1.82, 2.24) is 0 Å². The van der Waals surface area contributed by atoms with E-state index in [1.165, 1.54) is 22.3 Å². The molecule has 0 nitrogen and oxygen atoms in total. The first kappa shape index (κ1) is 10.9. The van der Waals surface area contributed by atoms with Gasteiger partial charge in [0.15, 0.2) is 0 Å². The summed E-state index contributed by atoms with van der Waals surface area (Å²) in [4.78, 5) is 0. The number of hydrogen-bond acceptors (Lipinski definition) is 0. The lowest BCUT2D eigenvalue weighted by Crippen LogP contribution is -1.88.